The van der Waals surface area contributed by atoms with Crippen molar-refractivity contribution in [2.75, 3.05) is 12.3 Å². The van der Waals surface area contributed by atoms with Crippen molar-refractivity contribution in [1.29, 1.82) is 0 Å². The summed E-state index contributed by atoms with van der Waals surface area (Å²) >= 11 is 0. The predicted molar refractivity (Wildman–Crippen MR) is 78.5 cm³/mol. The fourth-order valence-corrected chi connectivity index (χ4v) is 2.21. The Kier molecular flexibility index (Phi) is 3.05. The summed E-state index contributed by atoms with van der Waals surface area (Å²) in [4.78, 5) is 12.6. The van der Waals surface area contributed by atoms with Gasteiger partial charge in [-0.3, -0.25) is 4.98 Å². The lowest BCUT2D eigenvalue weighted by Gasteiger charge is -2.09. The van der Waals surface area contributed by atoms with Crippen LogP contribution < -0.4 is 5.73 Å². The van der Waals surface area contributed by atoms with E-state index in [1.165, 1.54) is 11.0 Å². The molecule has 0 aliphatic carbocycles. The second kappa shape index (κ2) is 4.89. The van der Waals surface area contributed by atoms with E-state index in [0.29, 0.717) is 23.8 Å². The topological polar surface area (TPSA) is 96.7 Å². The Morgan fingerprint density at radius 1 is 1.43 bits per heavy atom. The molecule has 3 rings (SSSR count). The maximum absolute atomic E-state index is 5.79. The average Bonchev–Trinajstić information content (AvgIpc) is 3.03. The van der Waals surface area contributed by atoms with Gasteiger partial charge in [0.15, 0.2) is 0 Å². The lowest BCUT2D eigenvalue weighted by molar-refractivity contribution is 0.299. The lowest BCUT2D eigenvalue weighted by Crippen LogP contribution is -2.08. The van der Waals surface area contributed by atoms with Gasteiger partial charge < -0.3 is 15.0 Å². The number of anilines is 1. The molecule has 0 fully saturated rings. The second-order valence-corrected chi connectivity index (χ2v) is 4.41. The molecule has 8 heteroatoms. The molecule has 0 aromatic carbocycles. The summed E-state index contributed by atoms with van der Waals surface area (Å²) in [5.74, 6) is 1.38. The van der Waals surface area contributed by atoms with Gasteiger partial charge in [-0.1, -0.05) is 6.58 Å². The van der Waals surface area contributed by atoms with Gasteiger partial charge in [-0.05, 0) is 6.92 Å². The van der Waals surface area contributed by atoms with Crippen LogP contribution in [0.25, 0.3) is 22.7 Å². The van der Waals surface area contributed by atoms with Crippen molar-refractivity contribution in [2.45, 2.75) is 6.92 Å². The van der Waals surface area contributed by atoms with E-state index in [0.717, 1.165) is 11.1 Å². The molecule has 2 N–H and O–H groups in total. The third kappa shape index (κ3) is 2.00. The molecular formula is C13H15N7O. The van der Waals surface area contributed by atoms with E-state index in [4.69, 9.17) is 10.5 Å². The van der Waals surface area contributed by atoms with Crippen molar-refractivity contribution in [3.63, 3.8) is 0 Å². The van der Waals surface area contributed by atoms with Gasteiger partial charge in [-0.25, -0.2) is 4.98 Å². The molecule has 108 valence electrons. The molecule has 3 aromatic rings. The second-order valence-electron chi connectivity index (χ2n) is 4.41. The van der Waals surface area contributed by atoms with Crippen molar-refractivity contribution >= 4 is 22.7 Å². The molecule has 3 aromatic heterocycles. The summed E-state index contributed by atoms with van der Waals surface area (Å²) in [6.07, 6.45) is 4.76. The molecule has 21 heavy (non-hydrogen) atoms. The molecular weight excluding hydrogens is 270 g/mol. The number of hydrogen-bond donors (Lipinski definition) is 1. The van der Waals surface area contributed by atoms with Crippen LogP contribution in [0.3, 0.4) is 0 Å². The minimum absolute atomic E-state index is 0.270. The number of imidazole rings is 1. The summed E-state index contributed by atoms with van der Waals surface area (Å²) < 4.78 is 8.81. The summed E-state index contributed by atoms with van der Waals surface area (Å²) in [5, 5.41) is 4.08. The number of nitrogen functional groups attached to an aromatic ring is 1. The third-order valence-corrected chi connectivity index (χ3v) is 3.14. The minimum atomic E-state index is 0.270. The van der Waals surface area contributed by atoms with Gasteiger partial charge >= 0.3 is 0 Å². The number of fused-ring (bicyclic) bond motifs is 1. The van der Waals surface area contributed by atoms with Gasteiger partial charge in [0.25, 0.3) is 0 Å². The summed E-state index contributed by atoms with van der Waals surface area (Å²) in [5.41, 5.74) is 8.14. The first kappa shape index (κ1) is 13.1. The molecule has 8 nitrogen and oxygen atoms in total. The van der Waals surface area contributed by atoms with Crippen LogP contribution in [-0.4, -0.2) is 35.9 Å². The molecule has 0 spiro atoms. The summed E-state index contributed by atoms with van der Waals surface area (Å²) in [6, 6.07) is 0. The first-order valence-corrected chi connectivity index (χ1v) is 6.41. The zero-order chi connectivity index (χ0) is 15.0. The van der Waals surface area contributed by atoms with Crippen LogP contribution in [0.1, 0.15) is 12.5 Å². The van der Waals surface area contributed by atoms with Gasteiger partial charge in [0.2, 0.25) is 11.9 Å². The van der Waals surface area contributed by atoms with Crippen molar-refractivity contribution in [3.05, 3.63) is 30.9 Å². The van der Waals surface area contributed by atoms with E-state index in [2.05, 4.69) is 26.6 Å². The van der Waals surface area contributed by atoms with E-state index in [1.54, 1.807) is 12.4 Å². The number of nitrogens with two attached hydrogens (primary N) is 1. The molecule has 0 aliphatic heterocycles. The number of ether oxygens (including phenoxy) is 1. The van der Waals surface area contributed by atoms with Crippen molar-refractivity contribution in [2.24, 2.45) is 7.05 Å². The van der Waals surface area contributed by atoms with Gasteiger partial charge in [-0.2, -0.15) is 14.8 Å². The molecule has 0 bridgehead atoms. The number of aryl methyl sites for hydroxylation is 1. The summed E-state index contributed by atoms with van der Waals surface area (Å²) in [7, 11) is 1.87. The maximum Gasteiger partial charge on any atom is 0.234 e. The number of hydrogen-bond acceptors (Lipinski definition) is 6. The Morgan fingerprint density at radius 2 is 2.24 bits per heavy atom. The van der Waals surface area contributed by atoms with E-state index in [9.17, 15) is 0 Å². The average molecular weight is 285 g/mol. The highest BCUT2D eigenvalue weighted by molar-refractivity contribution is 5.87. The standard InChI is InChI=1S/C13H15N7O/c1-4-21-8(2)9-5-15-6-10-11(9)19(3)13(18-10)20-12(14)16-7-17-20/h5-7H,2,4H2,1,3H3,(H2,14,16,17). The highest BCUT2D eigenvalue weighted by atomic mass is 16.5. The molecule has 3 heterocycles. The highest BCUT2D eigenvalue weighted by Crippen LogP contribution is 2.25. The van der Waals surface area contributed by atoms with Crippen LogP contribution in [0.2, 0.25) is 0 Å². The largest absolute Gasteiger partial charge is 0.494 e. The Bertz CT molecular complexity index is 817. The lowest BCUT2D eigenvalue weighted by atomic mass is 10.2. The van der Waals surface area contributed by atoms with Crippen LogP contribution >= 0.6 is 0 Å². The first-order valence-electron chi connectivity index (χ1n) is 6.41. The van der Waals surface area contributed by atoms with Crippen LogP contribution in [-0.2, 0) is 11.8 Å². The first-order chi connectivity index (χ1) is 10.1. The fourth-order valence-electron chi connectivity index (χ4n) is 2.21. The van der Waals surface area contributed by atoms with Crippen LogP contribution in [0.15, 0.2) is 25.3 Å². The minimum Gasteiger partial charge on any atom is -0.494 e. The smallest absolute Gasteiger partial charge is 0.234 e. The van der Waals surface area contributed by atoms with Crippen LogP contribution in [0.4, 0.5) is 5.95 Å². The maximum atomic E-state index is 5.79. The fraction of sp³-hybridized carbons (Fsp3) is 0.231. The molecule has 0 amide bonds. The number of pyridine rings is 1. The zero-order valence-electron chi connectivity index (χ0n) is 11.8. The molecule has 0 radical (unpaired) electrons. The van der Waals surface area contributed by atoms with Crippen molar-refractivity contribution in [3.8, 4) is 5.95 Å². The molecule has 0 saturated carbocycles. The third-order valence-electron chi connectivity index (χ3n) is 3.14. The van der Waals surface area contributed by atoms with Gasteiger partial charge in [0.05, 0.1) is 23.9 Å². The predicted octanol–water partition coefficient (Wildman–Crippen LogP) is 1.14. The zero-order valence-corrected chi connectivity index (χ0v) is 11.8. The van der Waals surface area contributed by atoms with Crippen molar-refractivity contribution in [1.82, 2.24) is 29.3 Å². The number of aromatic nitrogens is 6. The Morgan fingerprint density at radius 3 is 2.90 bits per heavy atom. The molecule has 0 unspecified atom stereocenters. The van der Waals surface area contributed by atoms with Crippen LogP contribution in [0.5, 0.6) is 0 Å². The Labute approximate surface area is 120 Å². The van der Waals surface area contributed by atoms with Crippen molar-refractivity contribution < 1.29 is 4.74 Å². The SMILES string of the molecule is C=C(OCC)c1cncc2nc(-n3ncnc3N)n(C)c12. The van der Waals surface area contributed by atoms with Gasteiger partial charge in [-0.15, -0.1) is 0 Å². The summed E-state index contributed by atoms with van der Waals surface area (Å²) in [6.45, 7) is 6.38. The van der Waals surface area contributed by atoms with E-state index >= 15 is 0 Å². The Balaban J connectivity index is 2.24. The normalized spacial score (nSPS) is 11.0. The monoisotopic (exact) mass is 285 g/mol. The molecule has 0 aliphatic rings. The van der Waals surface area contributed by atoms with E-state index < -0.39 is 0 Å². The molecule has 0 atom stereocenters. The number of nitrogens with zero attached hydrogens (tertiary/aromatic N) is 6. The van der Waals surface area contributed by atoms with Gasteiger partial charge in [0, 0.05) is 13.2 Å². The van der Waals surface area contributed by atoms with E-state index in [1.807, 2.05) is 18.5 Å². The quantitative estimate of drug-likeness (QED) is 0.722. The highest BCUT2D eigenvalue weighted by Gasteiger charge is 2.17. The molecule has 0 saturated heterocycles. The Hall–Kier alpha value is -2.90. The number of rotatable bonds is 4. The van der Waals surface area contributed by atoms with Crippen LogP contribution in [0, 0.1) is 0 Å². The van der Waals surface area contributed by atoms with Gasteiger partial charge in [0.1, 0.15) is 17.6 Å². The van der Waals surface area contributed by atoms with E-state index in [-0.39, 0.29) is 5.95 Å².